The number of hydrogen-bond donors (Lipinski definition) is 1. The molecule has 1 atom stereocenters. The van der Waals surface area contributed by atoms with E-state index in [4.69, 9.17) is 0 Å². The Morgan fingerprint density at radius 1 is 1.13 bits per heavy atom. The van der Waals surface area contributed by atoms with Gasteiger partial charge in [-0.1, -0.05) is 30.3 Å². The van der Waals surface area contributed by atoms with Gasteiger partial charge in [0.2, 0.25) is 15.9 Å². The van der Waals surface area contributed by atoms with Gasteiger partial charge in [-0.25, -0.2) is 17.1 Å². The van der Waals surface area contributed by atoms with E-state index in [-0.39, 0.29) is 36.4 Å². The highest BCUT2D eigenvalue weighted by molar-refractivity contribution is 7.89. The number of aliphatic hydroxyl groups is 1. The van der Waals surface area contributed by atoms with E-state index in [2.05, 4.69) is 0 Å². The molecule has 0 spiro atoms. The van der Waals surface area contributed by atoms with Crippen molar-refractivity contribution in [3.8, 4) is 0 Å². The highest BCUT2D eigenvalue weighted by Gasteiger charge is 2.33. The fourth-order valence-corrected chi connectivity index (χ4v) is 4.52. The Bertz CT molecular complexity index is 947. The minimum atomic E-state index is -3.73. The van der Waals surface area contributed by atoms with Crippen LogP contribution in [0.5, 0.6) is 0 Å². The lowest BCUT2D eigenvalue weighted by atomic mass is 10.1. The number of hydrogen-bond acceptors (Lipinski definition) is 4. The van der Waals surface area contributed by atoms with Crippen LogP contribution in [0.15, 0.2) is 59.5 Å². The van der Waals surface area contributed by atoms with Gasteiger partial charge in [0.25, 0.3) is 0 Å². The summed E-state index contributed by atoms with van der Waals surface area (Å²) in [4.78, 5) is 14.5. The number of rotatable bonds is 10. The van der Waals surface area contributed by atoms with Crippen LogP contribution in [0.25, 0.3) is 0 Å². The van der Waals surface area contributed by atoms with Crippen molar-refractivity contribution >= 4 is 15.9 Å². The number of benzene rings is 2. The van der Waals surface area contributed by atoms with E-state index in [1.165, 1.54) is 23.5 Å². The van der Waals surface area contributed by atoms with Crippen LogP contribution in [0, 0.1) is 5.82 Å². The monoisotopic (exact) mass is 434 g/mol. The Labute approximate surface area is 177 Å². The summed E-state index contributed by atoms with van der Waals surface area (Å²) >= 11 is 0. The molecule has 2 aromatic rings. The summed E-state index contributed by atoms with van der Waals surface area (Å²) in [7, 11) is -2.29. The number of carbonyl (C=O) groups excluding carboxylic acids is 1. The number of sulfonamides is 1. The molecule has 3 rings (SSSR count). The molecule has 0 heterocycles. The lowest BCUT2D eigenvalue weighted by Gasteiger charge is -2.26. The predicted octanol–water partition coefficient (Wildman–Crippen LogP) is 2.95. The zero-order valence-corrected chi connectivity index (χ0v) is 17.8. The summed E-state index contributed by atoms with van der Waals surface area (Å²) in [5, 5.41) is 10.5. The highest BCUT2D eigenvalue weighted by Crippen LogP contribution is 2.29. The van der Waals surface area contributed by atoms with Crippen molar-refractivity contribution < 1.29 is 22.7 Å². The number of amides is 1. The second-order valence-electron chi connectivity index (χ2n) is 7.59. The smallest absolute Gasteiger partial charge is 0.242 e. The molecule has 1 aliphatic rings. The Kier molecular flexibility index (Phi) is 7.23. The molecular formula is C22H27FN2O4S. The van der Waals surface area contributed by atoms with Crippen LogP contribution in [0.1, 0.15) is 37.4 Å². The normalized spacial score (nSPS) is 15.2. The fourth-order valence-electron chi connectivity index (χ4n) is 3.31. The van der Waals surface area contributed by atoms with Crippen LogP contribution < -0.4 is 0 Å². The third-order valence-electron chi connectivity index (χ3n) is 5.25. The first-order valence-corrected chi connectivity index (χ1v) is 11.5. The third-order valence-corrected chi connectivity index (χ3v) is 7.12. The summed E-state index contributed by atoms with van der Waals surface area (Å²) in [5.41, 5.74) is 0.765. The average molecular weight is 435 g/mol. The van der Waals surface area contributed by atoms with Gasteiger partial charge in [-0.05, 0) is 49.1 Å². The summed E-state index contributed by atoms with van der Waals surface area (Å²) < 4.78 is 39.3. The van der Waals surface area contributed by atoms with Gasteiger partial charge in [0.15, 0.2) is 0 Å². The van der Waals surface area contributed by atoms with Gasteiger partial charge >= 0.3 is 0 Å². The Morgan fingerprint density at radius 2 is 1.77 bits per heavy atom. The summed E-state index contributed by atoms with van der Waals surface area (Å²) in [6, 6.07) is 14.0. The van der Waals surface area contributed by atoms with Gasteiger partial charge in [0, 0.05) is 26.1 Å². The molecule has 0 radical (unpaired) electrons. The van der Waals surface area contributed by atoms with E-state index >= 15 is 0 Å². The van der Waals surface area contributed by atoms with Crippen molar-refractivity contribution in [3.63, 3.8) is 0 Å². The lowest BCUT2D eigenvalue weighted by Crippen LogP contribution is -2.37. The van der Waals surface area contributed by atoms with Gasteiger partial charge in [-0.2, -0.15) is 0 Å². The largest absolute Gasteiger partial charge is 0.387 e. The maximum absolute atomic E-state index is 13.0. The average Bonchev–Trinajstić information content (AvgIpc) is 3.57. The quantitative estimate of drug-likeness (QED) is 0.624. The Morgan fingerprint density at radius 3 is 2.37 bits per heavy atom. The van der Waals surface area contributed by atoms with Crippen LogP contribution in [-0.4, -0.2) is 54.8 Å². The second kappa shape index (κ2) is 9.68. The van der Waals surface area contributed by atoms with Crippen molar-refractivity contribution in [2.24, 2.45) is 0 Å². The lowest BCUT2D eigenvalue weighted by molar-refractivity contribution is -0.133. The third kappa shape index (κ3) is 5.65. The molecule has 1 N–H and O–H groups in total. The van der Waals surface area contributed by atoms with Crippen LogP contribution in [0.2, 0.25) is 0 Å². The molecule has 2 aromatic carbocycles. The molecule has 1 aliphatic carbocycles. The summed E-state index contributed by atoms with van der Waals surface area (Å²) in [6.45, 7) is 0.405. The van der Waals surface area contributed by atoms with E-state index in [0.717, 1.165) is 30.5 Å². The van der Waals surface area contributed by atoms with Crippen molar-refractivity contribution in [3.05, 3.63) is 66.0 Å². The number of nitrogens with zero attached hydrogens (tertiary/aromatic N) is 2. The van der Waals surface area contributed by atoms with Crippen LogP contribution in [-0.2, 0) is 14.8 Å². The molecule has 0 aliphatic heterocycles. The van der Waals surface area contributed by atoms with Gasteiger partial charge < -0.3 is 10.0 Å². The van der Waals surface area contributed by atoms with E-state index < -0.39 is 21.9 Å². The minimum Gasteiger partial charge on any atom is -0.387 e. The summed E-state index contributed by atoms with van der Waals surface area (Å²) in [5.74, 6) is -0.583. The fraction of sp³-hybridized carbons (Fsp3) is 0.409. The standard InChI is InChI=1S/C22H27FN2O4S/c1-24(30(28,29)20-13-9-18(23)10-14-20)15-5-8-22(27)25(19-11-12-19)16-21(26)17-6-3-2-4-7-17/h2-4,6-7,9-10,13-14,19,21,26H,5,8,11-12,15-16H2,1H3. The van der Waals surface area contributed by atoms with Gasteiger partial charge in [-0.3, -0.25) is 4.79 Å². The van der Waals surface area contributed by atoms with E-state index in [1.54, 1.807) is 4.90 Å². The molecule has 30 heavy (non-hydrogen) atoms. The van der Waals surface area contributed by atoms with E-state index in [9.17, 15) is 22.7 Å². The first kappa shape index (κ1) is 22.4. The molecule has 1 amide bonds. The van der Waals surface area contributed by atoms with Crippen molar-refractivity contribution in [2.45, 2.75) is 42.7 Å². The van der Waals surface area contributed by atoms with E-state index in [1.807, 2.05) is 30.3 Å². The Hall–Kier alpha value is -2.29. The molecular weight excluding hydrogens is 407 g/mol. The molecule has 1 fully saturated rings. The van der Waals surface area contributed by atoms with Crippen molar-refractivity contribution in [2.75, 3.05) is 20.1 Å². The zero-order chi connectivity index (χ0) is 21.7. The molecule has 0 bridgehead atoms. The SMILES string of the molecule is CN(CCCC(=O)N(CC(O)c1ccccc1)C1CC1)S(=O)(=O)c1ccc(F)cc1. The van der Waals surface area contributed by atoms with Crippen LogP contribution in [0.4, 0.5) is 4.39 Å². The molecule has 6 nitrogen and oxygen atoms in total. The Balaban J connectivity index is 1.53. The van der Waals surface area contributed by atoms with Gasteiger partial charge in [0.05, 0.1) is 17.5 Å². The van der Waals surface area contributed by atoms with Crippen molar-refractivity contribution in [1.29, 1.82) is 0 Å². The van der Waals surface area contributed by atoms with E-state index in [0.29, 0.717) is 6.42 Å². The molecule has 0 aromatic heterocycles. The van der Waals surface area contributed by atoms with Crippen LogP contribution in [0.3, 0.4) is 0 Å². The highest BCUT2D eigenvalue weighted by atomic mass is 32.2. The maximum atomic E-state index is 13.0. The predicted molar refractivity (Wildman–Crippen MR) is 112 cm³/mol. The minimum absolute atomic E-state index is 0.0170. The maximum Gasteiger partial charge on any atom is 0.242 e. The van der Waals surface area contributed by atoms with Gasteiger partial charge in [-0.15, -0.1) is 0 Å². The molecule has 1 unspecified atom stereocenters. The topological polar surface area (TPSA) is 77.9 Å². The second-order valence-corrected chi connectivity index (χ2v) is 9.63. The first-order chi connectivity index (χ1) is 14.3. The molecule has 8 heteroatoms. The number of carbonyl (C=O) groups is 1. The summed E-state index contributed by atoms with van der Waals surface area (Å²) in [6.07, 6.45) is 1.65. The van der Waals surface area contributed by atoms with Gasteiger partial charge in [0.1, 0.15) is 5.82 Å². The molecule has 162 valence electrons. The van der Waals surface area contributed by atoms with Crippen molar-refractivity contribution in [1.82, 2.24) is 9.21 Å². The molecule has 0 saturated heterocycles. The first-order valence-electron chi connectivity index (χ1n) is 10.0. The molecule has 1 saturated carbocycles. The number of halogens is 1. The zero-order valence-electron chi connectivity index (χ0n) is 16.9. The number of aliphatic hydroxyl groups excluding tert-OH is 1. The van der Waals surface area contributed by atoms with Crippen LogP contribution >= 0.6 is 0 Å².